The molecule has 0 aromatic heterocycles. The lowest BCUT2D eigenvalue weighted by molar-refractivity contribution is -0.139. The Balaban J connectivity index is 2.04. The van der Waals surface area contributed by atoms with Crippen molar-refractivity contribution in [3.8, 4) is 11.5 Å². The van der Waals surface area contributed by atoms with Gasteiger partial charge in [0.05, 0.1) is 6.61 Å². The van der Waals surface area contributed by atoms with E-state index in [1.807, 2.05) is 12.1 Å². The minimum absolute atomic E-state index is 0.242. The number of carboxylic acid groups (broad SMARTS) is 1. The number of amides is 1. The summed E-state index contributed by atoms with van der Waals surface area (Å²) in [6, 6.07) is 12.8. The van der Waals surface area contributed by atoms with Crippen LogP contribution in [-0.2, 0) is 11.3 Å². The zero-order valence-corrected chi connectivity index (χ0v) is 15.8. The second-order valence-electron chi connectivity index (χ2n) is 6.36. The molecule has 0 heterocycles. The van der Waals surface area contributed by atoms with Gasteiger partial charge in [-0.3, -0.25) is 4.79 Å². The Hall–Kier alpha value is -3.02. The van der Waals surface area contributed by atoms with Crippen molar-refractivity contribution in [1.82, 2.24) is 5.32 Å². The molecule has 0 bridgehead atoms. The number of rotatable bonds is 9. The van der Waals surface area contributed by atoms with Crippen molar-refractivity contribution in [3.05, 3.63) is 59.2 Å². The molecule has 0 fully saturated rings. The fourth-order valence-electron chi connectivity index (χ4n) is 2.48. The van der Waals surface area contributed by atoms with Gasteiger partial charge in [-0.2, -0.15) is 0 Å². The highest BCUT2D eigenvalue weighted by Gasteiger charge is 2.13. The first kappa shape index (κ1) is 20.3. The van der Waals surface area contributed by atoms with Crippen LogP contribution in [0.4, 0.5) is 0 Å². The molecule has 0 unspecified atom stereocenters. The first-order valence-electron chi connectivity index (χ1n) is 8.89. The summed E-state index contributed by atoms with van der Waals surface area (Å²) in [7, 11) is 0. The van der Waals surface area contributed by atoms with Crippen molar-refractivity contribution in [1.29, 1.82) is 0 Å². The van der Waals surface area contributed by atoms with Gasteiger partial charge in [-0.25, -0.2) is 4.79 Å². The van der Waals surface area contributed by atoms with Crippen LogP contribution in [0.25, 0.3) is 0 Å². The van der Waals surface area contributed by atoms with Crippen molar-refractivity contribution < 1.29 is 24.2 Å². The molecular formula is C21H25NO5. The second-order valence-corrected chi connectivity index (χ2v) is 6.36. The molecule has 0 aliphatic heterocycles. The zero-order chi connectivity index (χ0) is 19.8. The minimum atomic E-state index is -1.08. The maximum absolute atomic E-state index is 12.4. The van der Waals surface area contributed by atoms with E-state index >= 15 is 0 Å². The molecule has 1 amide bonds. The van der Waals surface area contributed by atoms with Crippen LogP contribution in [0.3, 0.4) is 0 Å². The molecule has 0 saturated heterocycles. The Morgan fingerprint density at radius 1 is 1.04 bits per heavy atom. The fourth-order valence-corrected chi connectivity index (χ4v) is 2.48. The number of carbonyl (C=O) groups is 2. The number of carboxylic acids is 1. The van der Waals surface area contributed by atoms with E-state index in [0.717, 1.165) is 5.56 Å². The standard InChI is InChI=1S/C21H25NO5/c1-4-26-19-11-17(9-10-18(19)27-13-20(23)24)21(25)22-12-15-5-7-16(8-6-15)14(2)3/h5-11,14H,4,12-13H2,1-3H3,(H,22,25)(H,23,24). The molecule has 0 aliphatic carbocycles. The second kappa shape index (κ2) is 9.62. The van der Waals surface area contributed by atoms with E-state index in [9.17, 15) is 9.59 Å². The van der Waals surface area contributed by atoms with E-state index in [1.54, 1.807) is 25.1 Å². The normalized spacial score (nSPS) is 10.5. The van der Waals surface area contributed by atoms with Crippen LogP contribution in [0.5, 0.6) is 11.5 Å². The van der Waals surface area contributed by atoms with Crippen LogP contribution >= 0.6 is 0 Å². The molecule has 0 aliphatic rings. The van der Waals surface area contributed by atoms with Crippen molar-refractivity contribution in [3.63, 3.8) is 0 Å². The van der Waals surface area contributed by atoms with Gasteiger partial charge in [-0.15, -0.1) is 0 Å². The van der Waals surface area contributed by atoms with Gasteiger partial charge in [0.1, 0.15) is 0 Å². The average molecular weight is 371 g/mol. The van der Waals surface area contributed by atoms with Crippen LogP contribution < -0.4 is 14.8 Å². The number of carbonyl (C=O) groups excluding carboxylic acids is 1. The largest absolute Gasteiger partial charge is 0.490 e. The zero-order valence-electron chi connectivity index (χ0n) is 15.8. The van der Waals surface area contributed by atoms with Crippen molar-refractivity contribution >= 4 is 11.9 Å². The number of hydrogen-bond acceptors (Lipinski definition) is 4. The Morgan fingerprint density at radius 3 is 2.33 bits per heavy atom. The van der Waals surface area contributed by atoms with E-state index < -0.39 is 12.6 Å². The molecule has 2 rings (SSSR count). The van der Waals surface area contributed by atoms with Crippen molar-refractivity contribution in [2.75, 3.05) is 13.2 Å². The first-order valence-corrected chi connectivity index (χ1v) is 8.89. The SMILES string of the molecule is CCOc1cc(C(=O)NCc2ccc(C(C)C)cc2)ccc1OCC(=O)O. The van der Waals surface area contributed by atoms with Crippen molar-refractivity contribution in [2.45, 2.75) is 33.2 Å². The highest BCUT2D eigenvalue weighted by Crippen LogP contribution is 2.28. The van der Waals surface area contributed by atoms with Crippen LogP contribution in [0.2, 0.25) is 0 Å². The third-order valence-electron chi connectivity index (χ3n) is 3.96. The summed E-state index contributed by atoms with van der Waals surface area (Å²) < 4.78 is 10.6. The number of benzene rings is 2. The highest BCUT2D eigenvalue weighted by atomic mass is 16.5. The molecule has 144 valence electrons. The van der Waals surface area contributed by atoms with E-state index in [0.29, 0.717) is 36.1 Å². The Bertz CT molecular complexity index is 784. The highest BCUT2D eigenvalue weighted by molar-refractivity contribution is 5.94. The van der Waals surface area contributed by atoms with Gasteiger partial charge in [-0.1, -0.05) is 38.1 Å². The van der Waals surface area contributed by atoms with Crippen LogP contribution in [-0.4, -0.2) is 30.2 Å². The summed E-state index contributed by atoms with van der Waals surface area (Å²) in [5.41, 5.74) is 2.68. The number of nitrogens with one attached hydrogen (secondary N) is 1. The summed E-state index contributed by atoms with van der Waals surface area (Å²) >= 11 is 0. The lowest BCUT2D eigenvalue weighted by Crippen LogP contribution is -2.23. The van der Waals surface area contributed by atoms with Crippen LogP contribution in [0, 0.1) is 0 Å². The monoisotopic (exact) mass is 371 g/mol. The molecule has 6 heteroatoms. The Kier molecular flexibility index (Phi) is 7.23. The molecule has 2 N–H and O–H groups in total. The summed E-state index contributed by atoms with van der Waals surface area (Å²) in [6.07, 6.45) is 0. The van der Waals surface area contributed by atoms with Gasteiger partial charge in [-0.05, 0) is 42.2 Å². The molecule has 0 saturated carbocycles. The first-order chi connectivity index (χ1) is 12.9. The van der Waals surface area contributed by atoms with Gasteiger partial charge < -0.3 is 19.9 Å². The Morgan fingerprint density at radius 2 is 1.74 bits per heavy atom. The molecular weight excluding hydrogens is 346 g/mol. The lowest BCUT2D eigenvalue weighted by Gasteiger charge is -2.13. The maximum atomic E-state index is 12.4. The van der Waals surface area contributed by atoms with Gasteiger partial charge in [0.2, 0.25) is 0 Å². The topological polar surface area (TPSA) is 84.9 Å². The summed E-state index contributed by atoms with van der Waals surface area (Å²) in [5.74, 6) is -0.225. The molecule has 0 atom stereocenters. The molecule has 2 aromatic carbocycles. The number of hydrogen-bond donors (Lipinski definition) is 2. The predicted octanol–water partition coefficient (Wildman–Crippen LogP) is 3.60. The summed E-state index contributed by atoms with van der Waals surface area (Å²) in [4.78, 5) is 23.1. The van der Waals surface area contributed by atoms with Gasteiger partial charge in [0.15, 0.2) is 18.1 Å². The van der Waals surface area contributed by atoms with E-state index in [-0.39, 0.29) is 5.91 Å². The quantitative estimate of drug-likeness (QED) is 0.703. The smallest absolute Gasteiger partial charge is 0.341 e. The molecule has 27 heavy (non-hydrogen) atoms. The third kappa shape index (κ3) is 6.02. The van der Waals surface area contributed by atoms with Gasteiger partial charge in [0, 0.05) is 12.1 Å². The average Bonchev–Trinajstić information content (AvgIpc) is 2.65. The maximum Gasteiger partial charge on any atom is 0.341 e. The van der Waals surface area contributed by atoms with E-state index in [2.05, 4.69) is 31.3 Å². The van der Waals surface area contributed by atoms with E-state index in [1.165, 1.54) is 5.56 Å². The molecule has 0 spiro atoms. The molecule has 2 aromatic rings. The molecule has 0 radical (unpaired) electrons. The molecule has 6 nitrogen and oxygen atoms in total. The third-order valence-corrected chi connectivity index (χ3v) is 3.96. The van der Waals surface area contributed by atoms with E-state index in [4.69, 9.17) is 14.6 Å². The van der Waals surface area contributed by atoms with Gasteiger partial charge >= 0.3 is 5.97 Å². The van der Waals surface area contributed by atoms with Crippen molar-refractivity contribution in [2.24, 2.45) is 0 Å². The fraction of sp³-hybridized carbons (Fsp3) is 0.333. The predicted molar refractivity (Wildman–Crippen MR) is 102 cm³/mol. The lowest BCUT2D eigenvalue weighted by atomic mass is 10.0. The minimum Gasteiger partial charge on any atom is -0.490 e. The van der Waals surface area contributed by atoms with Crippen LogP contribution in [0.1, 0.15) is 48.2 Å². The number of ether oxygens (including phenoxy) is 2. The van der Waals surface area contributed by atoms with Gasteiger partial charge in [0.25, 0.3) is 5.91 Å². The summed E-state index contributed by atoms with van der Waals surface area (Å²) in [6.45, 7) is 6.38. The number of aliphatic carboxylic acids is 1. The van der Waals surface area contributed by atoms with Crippen LogP contribution in [0.15, 0.2) is 42.5 Å². The Labute approximate surface area is 159 Å². The summed E-state index contributed by atoms with van der Waals surface area (Å²) in [5, 5.41) is 11.6.